The van der Waals surface area contributed by atoms with Crippen LogP contribution in [0, 0.1) is 12.8 Å². The Morgan fingerprint density at radius 1 is 1.12 bits per heavy atom. The highest BCUT2D eigenvalue weighted by Gasteiger charge is 2.32. The summed E-state index contributed by atoms with van der Waals surface area (Å²) in [5, 5.41) is 2.90. The monoisotopic (exact) mass is 372 g/mol. The average Bonchev–Trinajstić information content (AvgIpc) is 2.64. The number of aryl methyl sites for hydroxylation is 1. The summed E-state index contributed by atoms with van der Waals surface area (Å²) in [6, 6.07) is 16.7. The zero-order chi connectivity index (χ0) is 18.6. The Morgan fingerprint density at radius 2 is 1.81 bits per heavy atom. The van der Waals surface area contributed by atoms with E-state index in [1.165, 1.54) is 4.31 Å². The minimum absolute atomic E-state index is 0.0276. The second-order valence-corrected chi connectivity index (χ2v) is 8.76. The molecule has 2 aromatic carbocycles. The van der Waals surface area contributed by atoms with Gasteiger partial charge in [0.1, 0.15) is 0 Å². The highest BCUT2D eigenvalue weighted by atomic mass is 32.2. The number of benzene rings is 2. The van der Waals surface area contributed by atoms with Crippen molar-refractivity contribution >= 4 is 21.6 Å². The van der Waals surface area contributed by atoms with Crippen LogP contribution in [0.4, 0.5) is 5.69 Å². The first-order valence-corrected chi connectivity index (χ1v) is 10.4. The molecule has 1 amide bonds. The van der Waals surface area contributed by atoms with Gasteiger partial charge in [-0.3, -0.25) is 4.79 Å². The van der Waals surface area contributed by atoms with E-state index in [4.69, 9.17) is 0 Å². The summed E-state index contributed by atoms with van der Waals surface area (Å²) < 4.78 is 26.9. The molecule has 3 rings (SSSR count). The molecule has 1 saturated heterocycles. The number of carbonyl (C=O) groups excluding carboxylic acids is 1. The highest BCUT2D eigenvalue weighted by molar-refractivity contribution is 7.88. The Bertz CT molecular complexity index is 848. The predicted octanol–water partition coefficient (Wildman–Crippen LogP) is 3.18. The topological polar surface area (TPSA) is 66.5 Å². The summed E-state index contributed by atoms with van der Waals surface area (Å²) in [6.07, 6.45) is 1.40. The number of nitrogens with zero attached hydrogens (tertiary/aromatic N) is 1. The Kier molecular flexibility index (Phi) is 5.74. The van der Waals surface area contributed by atoms with Gasteiger partial charge in [0, 0.05) is 18.8 Å². The summed E-state index contributed by atoms with van der Waals surface area (Å²) in [5.41, 5.74) is 2.63. The third-order valence-corrected chi connectivity index (χ3v) is 6.48. The summed E-state index contributed by atoms with van der Waals surface area (Å²) in [6.45, 7) is 2.71. The summed E-state index contributed by atoms with van der Waals surface area (Å²) in [7, 11) is -3.43. The van der Waals surface area contributed by atoms with Crippen molar-refractivity contribution in [2.75, 3.05) is 18.4 Å². The third kappa shape index (κ3) is 4.71. The third-order valence-electron chi connectivity index (χ3n) is 4.66. The molecule has 26 heavy (non-hydrogen) atoms. The van der Waals surface area contributed by atoms with Gasteiger partial charge in [-0.05, 0) is 37.5 Å². The lowest BCUT2D eigenvalue weighted by Gasteiger charge is -2.31. The number of hydrogen-bond donors (Lipinski definition) is 1. The van der Waals surface area contributed by atoms with Crippen molar-refractivity contribution in [2.45, 2.75) is 25.5 Å². The van der Waals surface area contributed by atoms with Gasteiger partial charge >= 0.3 is 0 Å². The second-order valence-electron chi connectivity index (χ2n) is 6.79. The molecule has 2 aromatic rings. The smallest absolute Gasteiger partial charge is 0.228 e. The number of piperidine rings is 1. The van der Waals surface area contributed by atoms with Crippen LogP contribution in [0.15, 0.2) is 54.6 Å². The molecule has 1 aliphatic heterocycles. The normalized spacial score (nSPS) is 18.4. The van der Waals surface area contributed by atoms with Crippen LogP contribution in [0.2, 0.25) is 0 Å². The van der Waals surface area contributed by atoms with E-state index in [1.807, 2.05) is 61.5 Å². The summed E-state index contributed by atoms with van der Waals surface area (Å²) in [5.74, 6) is -0.468. The number of hydrogen-bond acceptors (Lipinski definition) is 3. The fourth-order valence-electron chi connectivity index (χ4n) is 3.17. The number of anilines is 1. The van der Waals surface area contributed by atoms with Gasteiger partial charge in [0.2, 0.25) is 15.9 Å². The van der Waals surface area contributed by atoms with Crippen LogP contribution in [0.3, 0.4) is 0 Å². The molecular weight excluding hydrogens is 348 g/mol. The fourth-order valence-corrected chi connectivity index (χ4v) is 4.78. The number of amides is 1. The molecule has 1 fully saturated rings. The first-order valence-electron chi connectivity index (χ1n) is 8.83. The van der Waals surface area contributed by atoms with Gasteiger partial charge in [0.25, 0.3) is 0 Å². The van der Waals surface area contributed by atoms with Gasteiger partial charge < -0.3 is 5.32 Å². The minimum atomic E-state index is -3.43. The van der Waals surface area contributed by atoms with Crippen molar-refractivity contribution in [1.29, 1.82) is 0 Å². The van der Waals surface area contributed by atoms with Gasteiger partial charge in [0.15, 0.2) is 0 Å². The van der Waals surface area contributed by atoms with Crippen LogP contribution in [0.5, 0.6) is 0 Å². The Balaban J connectivity index is 1.64. The van der Waals surface area contributed by atoms with Crippen LogP contribution < -0.4 is 5.32 Å². The standard InChI is InChI=1S/C20H24N2O3S/c1-16-9-11-19(12-10-16)21-20(23)18-8-5-13-22(14-18)26(24,25)15-17-6-3-2-4-7-17/h2-4,6-7,9-12,18H,5,8,13-15H2,1H3,(H,21,23)/t18-/m1/s1. The number of carbonyl (C=O) groups is 1. The maximum Gasteiger partial charge on any atom is 0.228 e. The van der Waals surface area contributed by atoms with Crippen molar-refractivity contribution < 1.29 is 13.2 Å². The van der Waals surface area contributed by atoms with Crippen LogP contribution in [-0.2, 0) is 20.6 Å². The molecule has 5 nitrogen and oxygen atoms in total. The molecule has 0 aromatic heterocycles. The molecule has 0 aliphatic carbocycles. The van der Waals surface area contributed by atoms with Crippen LogP contribution in [-0.4, -0.2) is 31.7 Å². The lowest BCUT2D eigenvalue weighted by Crippen LogP contribution is -2.44. The van der Waals surface area contributed by atoms with E-state index < -0.39 is 10.0 Å². The SMILES string of the molecule is Cc1ccc(NC(=O)[C@@H]2CCCN(S(=O)(=O)Cc3ccccc3)C2)cc1. The minimum Gasteiger partial charge on any atom is -0.326 e. The van der Waals surface area contributed by atoms with E-state index in [1.54, 1.807) is 0 Å². The molecule has 0 unspecified atom stereocenters. The molecule has 1 aliphatic rings. The quantitative estimate of drug-likeness (QED) is 0.877. The largest absolute Gasteiger partial charge is 0.326 e. The van der Waals surface area contributed by atoms with E-state index in [2.05, 4.69) is 5.32 Å². The van der Waals surface area contributed by atoms with Crippen molar-refractivity contribution in [2.24, 2.45) is 5.92 Å². The van der Waals surface area contributed by atoms with Gasteiger partial charge in [-0.1, -0.05) is 48.0 Å². The van der Waals surface area contributed by atoms with Gasteiger partial charge in [-0.25, -0.2) is 12.7 Å². The van der Waals surface area contributed by atoms with Crippen LogP contribution in [0.25, 0.3) is 0 Å². The Labute approximate surface area is 155 Å². The molecule has 0 spiro atoms. The Morgan fingerprint density at radius 3 is 2.50 bits per heavy atom. The molecule has 138 valence electrons. The van der Waals surface area contributed by atoms with E-state index >= 15 is 0 Å². The number of rotatable bonds is 5. The fraction of sp³-hybridized carbons (Fsp3) is 0.350. The molecule has 0 saturated carbocycles. The first-order chi connectivity index (χ1) is 12.4. The Hall–Kier alpha value is -2.18. The number of sulfonamides is 1. The van der Waals surface area contributed by atoms with Crippen molar-refractivity contribution in [3.63, 3.8) is 0 Å². The molecule has 1 atom stereocenters. The van der Waals surface area contributed by atoms with Crippen molar-refractivity contribution in [3.05, 3.63) is 65.7 Å². The molecular formula is C20H24N2O3S. The maximum atomic E-state index is 12.7. The van der Waals surface area contributed by atoms with Gasteiger partial charge in [-0.2, -0.15) is 0 Å². The van der Waals surface area contributed by atoms with Crippen molar-refractivity contribution in [3.8, 4) is 0 Å². The summed E-state index contributed by atoms with van der Waals surface area (Å²) >= 11 is 0. The van der Waals surface area contributed by atoms with Gasteiger partial charge in [-0.15, -0.1) is 0 Å². The average molecular weight is 372 g/mol. The van der Waals surface area contributed by atoms with Gasteiger partial charge in [0.05, 0.1) is 11.7 Å². The first kappa shape index (κ1) is 18.6. The van der Waals surface area contributed by atoms with Crippen LogP contribution >= 0.6 is 0 Å². The molecule has 0 radical (unpaired) electrons. The zero-order valence-electron chi connectivity index (χ0n) is 14.9. The zero-order valence-corrected chi connectivity index (χ0v) is 15.7. The second kappa shape index (κ2) is 8.01. The molecule has 1 N–H and O–H groups in total. The molecule has 6 heteroatoms. The maximum absolute atomic E-state index is 12.7. The lowest BCUT2D eigenvalue weighted by atomic mass is 9.98. The predicted molar refractivity (Wildman–Crippen MR) is 103 cm³/mol. The van der Waals surface area contributed by atoms with E-state index in [-0.39, 0.29) is 24.1 Å². The molecule has 0 bridgehead atoms. The van der Waals surface area contributed by atoms with Crippen molar-refractivity contribution in [1.82, 2.24) is 4.31 Å². The number of nitrogens with one attached hydrogen (secondary N) is 1. The molecule has 1 heterocycles. The van der Waals surface area contributed by atoms with E-state index in [0.29, 0.717) is 19.4 Å². The van der Waals surface area contributed by atoms with Crippen LogP contribution in [0.1, 0.15) is 24.0 Å². The van der Waals surface area contributed by atoms with E-state index in [9.17, 15) is 13.2 Å². The van der Waals surface area contributed by atoms with E-state index in [0.717, 1.165) is 16.8 Å². The summed E-state index contributed by atoms with van der Waals surface area (Å²) in [4.78, 5) is 12.6. The lowest BCUT2D eigenvalue weighted by molar-refractivity contribution is -0.120. The highest BCUT2D eigenvalue weighted by Crippen LogP contribution is 2.23.